The summed E-state index contributed by atoms with van der Waals surface area (Å²) in [5, 5.41) is 4.38. The summed E-state index contributed by atoms with van der Waals surface area (Å²) in [6.45, 7) is 0. The van der Waals surface area contributed by atoms with Gasteiger partial charge in [0.1, 0.15) is 0 Å². The lowest BCUT2D eigenvalue weighted by atomic mass is 10.1. The molecule has 0 saturated carbocycles. The van der Waals surface area contributed by atoms with E-state index in [-0.39, 0.29) is 27.5 Å². The molecule has 2 amide bonds. The Morgan fingerprint density at radius 2 is 1.31 bits per heavy atom. The zero-order valence-corrected chi connectivity index (χ0v) is 15.3. The van der Waals surface area contributed by atoms with Gasteiger partial charge in [-0.15, -0.1) is 0 Å². The van der Waals surface area contributed by atoms with Gasteiger partial charge in [0, 0.05) is 24.8 Å². The summed E-state index contributed by atoms with van der Waals surface area (Å²) < 4.78 is 39.9. The highest BCUT2D eigenvalue weighted by Gasteiger charge is 2.32. The number of amides is 2. The maximum absolute atomic E-state index is 13.3. The molecule has 0 aliphatic heterocycles. The maximum atomic E-state index is 13.3. The SMILES string of the molecule is O=C(Nc1cc(C(F)(F)F)cc(NC(=O)c2cccnc2)c1Cl)c1cccnc1. The molecule has 0 saturated heterocycles. The van der Waals surface area contributed by atoms with Gasteiger partial charge in [-0.2, -0.15) is 13.2 Å². The smallest absolute Gasteiger partial charge is 0.321 e. The van der Waals surface area contributed by atoms with Crippen LogP contribution in [-0.2, 0) is 6.18 Å². The molecule has 0 fully saturated rings. The number of aromatic nitrogens is 2. The molecule has 2 heterocycles. The molecule has 29 heavy (non-hydrogen) atoms. The molecule has 0 spiro atoms. The molecule has 10 heteroatoms. The van der Waals surface area contributed by atoms with E-state index in [1.165, 1.54) is 49.1 Å². The number of alkyl halides is 3. The van der Waals surface area contributed by atoms with Crippen molar-refractivity contribution in [2.24, 2.45) is 0 Å². The third-order valence-electron chi connectivity index (χ3n) is 3.74. The van der Waals surface area contributed by atoms with Gasteiger partial charge in [-0.1, -0.05) is 11.6 Å². The van der Waals surface area contributed by atoms with Crippen molar-refractivity contribution in [1.82, 2.24) is 9.97 Å². The molecule has 148 valence electrons. The van der Waals surface area contributed by atoms with Gasteiger partial charge in [-0.25, -0.2) is 0 Å². The van der Waals surface area contributed by atoms with Crippen LogP contribution in [0, 0.1) is 0 Å². The number of benzene rings is 1. The molecule has 3 aromatic rings. The van der Waals surface area contributed by atoms with Crippen molar-refractivity contribution >= 4 is 34.8 Å². The predicted molar refractivity (Wildman–Crippen MR) is 101 cm³/mol. The van der Waals surface area contributed by atoms with Crippen molar-refractivity contribution in [2.45, 2.75) is 6.18 Å². The van der Waals surface area contributed by atoms with Gasteiger partial charge >= 0.3 is 6.18 Å². The Morgan fingerprint density at radius 3 is 1.66 bits per heavy atom. The van der Waals surface area contributed by atoms with Gasteiger partial charge in [0.05, 0.1) is 33.1 Å². The molecule has 0 aliphatic carbocycles. The fraction of sp³-hybridized carbons (Fsp3) is 0.0526. The third-order valence-corrected chi connectivity index (χ3v) is 4.15. The topological polar surface area (TPSA) is 84.0 Å². The molecule has 3 rings (SSSR count). The van der Waals surface area contributed by atoms with E-state index in [4.69, 9.17) is 11.6 Å². The number of hydrogen-bond acceptors (Lipinski definition) is 4. The number of nitrogens with zero attached hydrogens (tertiary/aromatic N) is 2. The Morgan fingerprint density at radius 1 is 0.862 bits per heavy atom. The largest absolute Gasteiger partial charge is 0.416 e. The highest BCUT2D eigenvalue weighted by atomic mass is 35.5. The lowest BCUT2D eigenvalue weighted by Crippen LogP contribution is -2.17. The Kier molecular flexibility index (Phi) is 5.79. The average molecular weight is 421 g/mol. The Labute approximate surface area is 167 Å². The first-order chi connectivity index (χ1) is 13.8. The van der Waals surface area contributed by atoms with Gasteiger partial charge in [-0.3, -0.25) is 19.6 Å². The number of pyridine rings is 2. The van der Waals surface area contributed by atoms with E-state index in [1.807, 2.05) is 0 Å². The van der Waals surface area contributed by atoms with E-state index in [1.54, 1.807) is 0 Å². The van der Waals surface area contributed by atoms with E-state index < -0.39 is 23.6 Å². The van der Waals surface area contributed by atoms with Gasteiger partial charge in [-0.05, 0) is 36.4 Å². The molecule has 1 aromatic carbocycles. The fourth-order valence-electron chi connectivity index (χ4n) is 2.35. The third kappa shape index (κ3) is 4.88. The number of carbonyl (C=O) groups is 2. The Balaban J connectivity index is 1.97. The van der Waals surface area contributed by atoms with Crippen LogP contribution in [0.15, 0.2) is 61.2 Å². The van der Waals surface area contributed by atoms with Gasteiger partial charge in [0.15, 0.2) is 0 Å². The zero-order valence-electron chi connectivity index (χ0n) is 14.5. The van der Waals surface area contributed by atoms with Crippen molar-refractivity contribution in [2.75, 3.05) is 10.6 Å². The second-order valence-electron chi connectivity index (χ2n) is 5.77. The molecular weight excluding hydrogens is 409 g/mol. The first-order valence-electron chi connectivity index (χ1n) is 8.09. The number of nitrogens with one attached hydrogen (secondary N) is 2. The van der Waals surface area contributed by atoms with Crippen LogP contribution >= 0.6 is 11.6 Å². The lowest BCUT2D eigenvalue weighted by molar-refractivity contribution is -0.137. The van der Waals surface area contributed by atoms with E-state index in [9.17, 15) is 22.8 Å². The van der Waals surface area contributed by atoms with Crippen molar-refractivity contribution in [3.8, 4) is 0 Å². The molecule has 0 bridgehead atoms. The first-order valence-corrected chi connectivity index (χ1v) is 8.47. The molecular formula is C19H12ClF3N4O2. The molecule has 0 radical (unpaired) electrons. The van der Waals surface area contributed by atoms with Gasteiger partial charge in [0.25, 0.3) is 11.8 Å². The monoisotopic (exact) mass is 420 g/mol. The number of halogens is 4. The number of anilines is 2. The van der Waals surface area contributed by atoms with Crippen LogP contribution in [0.5, 0.6) is 0 Å². The summed E-state index contributed by atoms with van der Waals surface area (Å²) in [5.74, 6) is -1.41. The quantitative estimate of drug-likeness (QED) is 0.643. The maximum Gasteiger partial charge on any atom is 0.416 e. The van der Waals surface area contributed by atoms with Crippen LogP contribution in [0.3, 0.4) is 0 Å². The normalized spacial score (nSPS) is 11.0. The molecule has 2 N–H and O–H groups in total. The Bertz CT molecular complexity index is 970. The van der Waals surface area contributed by atoms with Crippen LogP contribution in [0.1, 0.15) is 26.3 Å². The van der Waals surface area contributed by atoms with Crippen LogP contribution < -0.4 is 10.6 Å². The summed E-state index contributed by atoms with van der Waals surface area (Å²) in [6, 6.07) is 7.26. The average Bonchev–Trinajstić information content (AvgIpc) is 2.71. The summed E-state index contributed by atoms with van der Waals surface area (Å²) in [6.07, 6.45) is 0.663. The van der Waals surface area contributed by atoms with E-state index >= 15 is 0 Å². The summed E-state index contributed by atoms with van der Waals surface area (Å²) in [4.78, 5) is 32.2. The minimum absolute atomic E-state index is 0.127. The van der Waals surface area contributed by atoms with E-state index in [0.29, 0.717) is 12.1 Å². The summed E-state index contributed by atoms with van der Waals surface area (Å²) in [7, 11) is 0. The second kappa shape index (κ2) is 8.27. The minimum atomic E-state index is -4.73. The molecule has 0 unspecified atom stereocenters. The van der Waals surface area contributed by atoms with Crippen LogP contribution in [0.2, 0.25) is 5.02 Å². The van der Waals surface area contributed by atoms with Gasteiger partial charge in [0.2, 0.25) is 0 Å². The number of carbonyl (C=O) groups excluding carboxylic acids is 2. The fourth-order valence-corrected chi connectivity index (χ4v) is 2.56. The summed E-state index contributed by atoms with van der Waals surface area (Å²) in [5.41, 5.74) is -1.46. The van der Waals surface area contributed by atoms with Crippen molar-refractivity contribution in [3.63, 3.8) is 0 Å². The van der Waals surface area contributed by atoms with E-state index in [0.717, 1.165) is 0 Å². The van der Waals surface area contributed by atoms with Crippen LogP contribution in [0.4, 0.5) is 24.5 Å². The van der Waals surface area contributed by atoms with E-state index in [2.05, 4.69) is 20.6 Å². The standard InChI is InChI=1S/C19H12ClF3N4O2/c20-16-14(26-17(28)11-3-1-5-24-9-11)7-13(19(21,22)23)8-15(16)27-18(29)12-4-2-6-25-10-12/h1-10H,(H,26,28)(H,27,29). The van der Waals surface area contributed by atoms with Crippen molar-refractivity contribution in [3.05, 3.63) is 82.9 Å². The highest BCUT2D eigenvalue weighted by molar-refractivity contribution is 6.37. The second-order valence-corrected chi connectivity index (χ2v) is 6.15. The molecule has 0 atom stereocenters. The number of rotatable bonds is 4. The first kappa shape index (κ1) is 20.3. The van der Waals surface area contributed by atoms with Crippen LogP contribution in [0.25, 0.3) is 0 Å². The predicted octanol–water partition coefficient (Wildman–Crippen LogP) is 4.65. The molecule has 0 aliphatic rings. The minimum Gasteiger partial charge on any atom is -0.321 e. The van der Waals surface area contributed by atoms with Crippen molar-refractivity contribution < 1.29 is 22.8 Å². The molecule has 2 aromatic heterocycles. The molecule has 6 nitrogen and oxygen atoms in total. The number of hydrogen-bond donors (Lipinski definition) is 2. The Hall–Kier alpha value is -3.46. The van der Waals surface area contributed by atoms with Crippen LogP contribution in [-0.4, -0.2) is 21.8 Å². The lowest BCUT2D eigenvalue weighted by Gasteiger charge is -2.16. The van der Waals surface area contributed by atoms with Gasteiger partial charge < -0.3 is 10.6 Å². The van der Waals surface area contributed by atoms with Crippen molar-refractivity contribution in [1.29, 1.82) is 0 Å². The zero-order chi connectivity index (χ0) is 21.0. The highest BCUT2D eigenvalue weighted by Crippen LogP contribution is 2.39. The summed E-state index contributed by atoms with van der Waals surface area (Å²) >= 11 is 6.17.